The molecule has 2 heterocycles. The first-order chi connectivity index (χ1) is 24.6. The number of esters is 3. The van der Waals surface area contributed by atoms with Crippen LogP contribution in [0.1, 0.15) is 31.1 Å². The molecule has 2 fully saturated rings. The molecule has 0 aromatic heterocycles. The lowest BCUT2D eigenvalue weighted by atomic mass is 10.0. The Hall–Kier alpha value is -5.93. The Morgan fingerprint density at radius 2 is 0.900 bits per heavy atom. The second-order valence-corrected chi connectivity index (χ2v) is 12.0. The molecule has 2 aliphatic heterocycles. The smallest absolute Gasteiger partial charge is 0.338 e. The highest BCUT2D eigenvalue weighted by Crippen LogP contribution is 2.38. The molecule has 5 aromatic rings. The van der Waals surface area contributed by atoms with Crippen LogP contribution in [0.3, 0.4) is 0 Å². The van der Waals surface area contributed by atoms with Gasteiger partial charge in [0.25, 0.3) is 0 Å². The minimum atomic E-state index is -1.13. The van der Waals surface area contributed by atoms with Crippen LogP contribution < -0.4 is 9.80 Å². The van der Waals surface area contributed by atoms with E-state index in [1.54, 1.807) is 78.9 Å². The van der Waals surface area contributed by atoms with E-state index in [1.807, 2.05) is 72.8 Å². The van der Waals surface area contributed by atoms with Crippen molar-refractivity contribution in [2.24, 2.45) is 0 Å². The maximum atomic E-state index is 13.8. The molecule has 0 aliphatic carbocycles. The van der Waals surface area contributed by atoms with Gasteiger partial charge in [0.2, 0.25) is 0 Å². The summed E-state index contributed by atoms with van der Waals surface area (Å²) in [6.07, 6.45) is -4.53. The maximum Gasteiger partial charge on any atom is 0.338 e. The van der Waals surface area contributed by atoms with E-state index in [2.05, 4.69) is 9.80 Å². The monoisotopic (exact) mass is 668 g/mol. The van der Waals surface area contributed by atoms with Gasteiger partial charge in [0.1, 0.15) is 25.0 Å². The predicted molar refractivity (Wildman–Crippen MR) is 188 cm³/mol. The van der Waals surface area contributed by atoms with Crippen LogP contribution in [-0.2, 0) is 18.9 Å². The van der Waals surface area contributed by atoms with Gasteiger partial charge in [-0.15, -0.1) is 0 Å². The van der Waals surface area contributed by atoms with Crippen molar-refractivity contribution in [3.63, 3.8) is 0 Å². The zero-order valence-electron chi connectivity index (χ0n) is 27.2. The van der Waals surface area contributed by atoms with Gasteiger partial charge >= 0.3 is 17.9 Å². The largest absolute Gasteiger partial charge is 0.459 e. The molecule has 0 N–H and O–H groups in total. The minimum Gasteiger partial charge on any atom is -0.459 e. The van der Waals surface area contributed by atoms with E-state index in [0.717, 1.165) is 11.4 Å². The van der Waals surface area contributed by atoms with Gasteiger partial charge in [0.05, 0.1) is 16.7 Å². The molecular weight excluding hydrogens is 632 g/mol. The quantitative estimate of drug-likeness (QED) is 0.124. The van der Waals surface area contributed by atoms with Crippen LogP contribution in [0.4, 0.5) is 11.4 Å². The molecule has 9 nitrogen and oxygen atoms in total. The number of ether oxygens (including phenoxy) is 4. The predicted octanol–water partition coefficient (Wildman–Crippen LogP) is 6.41. The van der Waals surface area contributed by atoms with Crippen molar-refractivity contribution in [2.45, 2.75) is 30.6 Å². The molecule has 7 rings (SSSR count). The molecule has 50 heavy (non-hydrogen) atoms. The van der Waals surface area contributed by atoms with E-state index < -0.39 is 48.5 Å². The first-order valence-corrected chi connectivity index (χ1v) is 16.6. The van der Waals surface area contributed by atoms with E-state index in [4.69, 9.17) is 18.9 Å². The lowest BCUT2D eigenvalue weighted by Crippen LogP contribution is -2.54. The van der Waals surface area contributed by atoms with Gasteiger partial charge in [0, 0.05) is 24.5 Å². The molecule has 5 aromatic carbocycles. The van der Waals surface area contributed by atoms with Gasteiger partial charge < -0.3 is 28.7 Å². The summed E-state index contributed by atoms with van der Waals surface area (Å²) >= 11 is 0. The summed E-state index contributed by atoms with van der Waals surface area (Å²) in [5.74, 6) is -1.77. The third kappa shape index (κ3) is 7.09. The fourth-order valence-corrected chi connectivity index (χ4v) is 6.56. The van der Waals surface area contributed by atoms with Crippen LogP contribution >= 0.6 is 0 Å². The first-order valence-electron chi connectivity index (χ1n) is 16.6. The number of carbonyl (C=O) groups excluding carboxylic acids is 3. The van der Waals surface area contributed by atoms with Crippen LogP contribution in [-0.4, -0.2) is 68.2 Å². The van der Waals surface area contributed by atoms with E-state index in [0.29, 0.717) is 29.8 Å². The standard InChI is InChI=1S/C41H36N2O7/c44-39(29-16-6-1-7-17-29)47-28-34-35(49-40(45)30-18-8-2-9-19-30)36(50-41(46)31-20-10-3-11-21-31)37(48-34)38-42(32-22-12-4-13-23-32)26-27-43(38)33-24-14-5-15-25-33/h1-25,34-38H,26-28H2/t34-,35+,36-,37+/m0/s1. The summed E-state index contributed by atoms with van der Waals surface area (Å²) in [5.41, 5.74) is 2.92. The van der Waals surface area contributed by atoms with E-state index >= 15 is 0 Å². The molecule has 0 unspecified atom stereocenters. The summed E-state index contributed by atoms with van der Waals surface area (Å²) in [6.45, 7) is 1.04. The second-order valence-electron chi connectivity index (χ2n) is 12.0. The van der Waals surface area contributed by atoms with Crippen LogP contribution in [0.2, 0.25) is 0 Å². The van der Waals surface area contributed by atoms with Gasteiger partial charge in [-0.3, -0.25) is 0 Å². The fraction of sp³-hybridized carbons (Fsp3) is 0.195. The SMILES string of the molecule is O=C(OC[C@@H]1O[C@@H](C2N(c3ccccc3)CCN2c2ccccc2)[C@@H](OC(=O)c2ccccc2)[C@@H]1OC(=O)c1ccccc1)c1ccccc1. The van der Waals surface area contributed by atoms with Crippen LogP contribution in [0.15, 0.2) is 152 Å². The molecule has 9 heteroatoms. The topological polar surface area (TPSA) is 94.6 Å². The molecule has 252 valence electrons. The molecular formula is C41H36N2O7. The number of para-hydroxylation sites is 2. The van der Waals surface area contributed by atoms with Crippen molar-refractivity contribution >= 4 is 29.3 Å². The van der Waals surface area contributed by atoms with Crippen molar-refractivity contribution in [3.8, 4) is 0 Å². The lowest BCUT2D eigenvalue weighted by molar-refractivity contribution is -0.0461. The number of benzene rings is 5. The molecule has 0 saturated carbocycles. The Labute approximate surface area is 290 Å². The lowest BCUT2D eigenvalue weighted by Gasteiger charge is -2.38. The van der Waals surface area contributed by atoms with E-state index in [1.165, 1.54) is 0 Å². The van der Waals surface area contributed by atoms with Gasteiger partial charge in [-0.25, -0.2) is 14.4 Å². The zero-order chi connectivity index (χ0) is 34.3. The molecule has 0 spiro atoms. The number of rotatable bonds is 10. The van der Waals surface area contributed by atoms with Gasteiger partial charge in [-0.2, -0.15) is 0 Å². The molecule has 2 aliphatic rings. The van der Waals surface area contributed by atoms with Gasteiger partial charge in [0.15, 0.2) is 12.2 Å². The number of anilines is 2. The average Bonchev–Trinajstić information content (AvgIpc) is 3.77. The highest BCUT2D eigenvalue weighted by atomic mass is 16.7. The third-order valence-corrected chi connectivity index (χ3v) is 8.93. The summed E-state index contributed by atoms with van der Waals surface area (Å²) in [7, 11) is 0. The molecule has 2 saturated heterocycles. The normalized spacial score (nSPS) is 20.3. The van der Waals surface area contributed by atoms with Crippen molar-refractivity contribution < 1.29 is 33.3 Å². The molecule has 0 radical (unpaired) electrons. The van der Waals surface area contributed by atoms with Crippen molar-refractivity contribution in [2.75, 3.05) is 29.5 Å². The fourth-order valence-electron chi connectivity index (χ4n) is 6.56. The Kier molecular flexibility index (Phi) is 9.84. The summed E-state index contributed by atoms with van der Waals surface area (Å²) in [6, 6.07) is 45.7. The van der Waals surface area contributed by atoms with Gasteiger partial charge in [-0.1, -0.05) is 91.0 Å². The Balaban J connectivity index is 1.29. The number of nitrogens with zero attached hydrogens (tertiary/aromatic N) is 2. The highest BCUT2D eigenvalue weighted by molar-refractivity contribution is 5.91. The Morgan fingerprint density at radius 3 is 1.34 bits per heavy atom. The zero-order valence-corrected chi connectivity index (χ0v) is 27.2. The number of carbonyl (C=O) groups is 3. The van der Waals surface area contributed by atoms with Crippen LogP contribution in [0, 0.1) is 0 Å². The number of hydrogen-bond donors (Lipinski definition) is 0. The average molecular weight is 669 g/mol. The first kappa shape index (κ1) is 32.6. The molecule has 0 bridgehead atoms. The summed E-state index contributed by atoms with van der Waals surface area (Å²) in [5, 5.41) is 0. The Morgan fingerprint density at radius 1 is 0.520 bits per heavy atom. The third-order valence-electron chi connectivity index (χ3n) is 8.93. The second kappa shape index (κ2) is 15.1. The highest BCUT2D eigenvalue weighted by Gasteiger charge is 2.56. The molecule has 4 atom stereocenters. The van der Waals surface area contributed by atoms with Crippen LogP contribution in [0.25, 0.3) is 0 Å². The Bertz CT molecular complexity index is 1830. The maximum absolute atomic E-state index is 13.8. The minimum absolute atomic E-state index is 0.250. The molecule has 0 amide bonds. The van der Waals surface area contributed by atoms with E-state index in [9.17, 15) is 14.4 Å². The van der Waals surface area contributed by atoms with Crippen molar-refractivity contribution in [1.29, 1.82) is 0 Å². The van der Waals surface area contributed by atoms with Crippen LogP contribution in [0.5, 0.6) is 0 Å². The van der Waals surface area contributed by atoms with Gasteiger partial charge in [-0.05, 0) is 60.7 Å². The summed E-state index contributed by atoms with van der Waals surface area (Å²) in [4.78, 5) is 45.0. The summed E-state index contributed by atoms with van der Waals surface area (Å²) < 4.78 is 25.1. The van der Waals surface area contributed by atoms with Crippen molar-refractivity contribution in [3.05, 3.63) is 168 Å². The van der Waals surface area contributed by atoms with E-state index in [-0.39, 0.29) is 6.61 Å². The van der Waals surface area contributed by atoms with Crippen molar-refractivity contribution in [1.82, 2.24) is 0 Å². The number of hydrogen-bond acceptors (Lipinski definition) is 9.